The van der Waals surface area contributed by atoms with Gasteiger partial charge in [0.25, 0.3) is 0 Å². The fourth-order valence-electron chi connectivity index (χ4n) is 2.29. The lowest BCUT2D eigenvalue weighted by atomic mass is 9.93. The highest BCUT2D eigenvalue weighted by Gasteiger charge is 2.13. The number of halogens is 3. The third kappa shape index (κ3) is 4.25. The average molecular weight is 372 g/mol. The molecule has 0 aliphatic heterocycles. The molecular weight excluding hydrogens is 355 g/mol. The van der Waals surface area contributed by atoms with E-state index in [4.69, 9.17) is 23.2 Å². The van der Waals surface area contributed by atoms with Crippen molar-refractivity contribution in [3.05, 3.63) is 68.7 Å². The first-order valence-electron chi connectivity index (χ1n) is 6.64. The van der Waals surface area contributed by atoms with E-state index in [9.17, 15) is 0 Å². The summed E-state index contributed by atoms with van der Waals surface area (Å²) in [5.74, 6) is 1.02. The zero-order chi connectivity index (χ0) is 14.5. The van der Waals surface area contributed by atoms with Gasteiger partial charge in [0, 0.05) is 15.4 Å². The predicted molar refractivity (Wildman–Crippen MR) is 91.9 cm³/mol. The second-order valence-corrected chi connectivity index (χ2v) is 6.68. The van der Waals surface area contributed by atoms with Crippen LogP contribution in [0, 0.1) is 12.8 Å². The van der Waals surface area contributed by atoms with Crippen molar-refractivity contribution in [1.82, 2.24) is 0 Å². The van der Waals surface area contributed by atoms with E-state index in [0.717, 1.165) is 22.3 Å². The maximum atomic E-state index is 6.31. The topological polar surface area (TPSA) is 0 Å². The summed E-state index contributed by atoms with van der Waals surface area (Å²) in [5, 5.41) is 0.840. The number of rotatable bonds is 5. The summed E-state index contributed by atoms with van der Waals surface area (Å²) in [6.07, 6.45) is 1.86. The first-order chi connectivity index (χ1) is 9.60. The Labute approximate surface area is 139 Å². The van der Waals surface area contributed by atoms with Gasteiger partial charge in [-0.1, -0.05) is 57.9 Å². The maximum Gasteiger partial charge on any atom is 0.0440 e. The molecular formula is C17H17BrCl2. The molecule has 0 nitrogen and oxygen atoms in total. The van der Waals surface area contributed by atoms with Crippen molar-refractivity contribution in [2.45, 2.75) is 19.8 Å². The third-order valence-corrected chi connectivity index (χ3v) is 4.96. The van der Waals surface area contributed by atoms with Crippen molar-refractivity contribution in [2.24, 2.45) is 5.92 Å². The number of alkyl halides is 1. The highest BCUT2D eigenvalue weighted by molar-refractivity contribution is 9.10. The van der Waals surface area contributed by atoms with Crippen LogP contribution in [0.15, 0.2) is 46.9 Å². The molecule has 0 radical (unpaired) electrons. The lowest BCUT2D eigenvalue weighted by Gasteiger charge is -2.16. The van der Waals surface area contributed by atoms with Crippen LogP contribution in [0.25, 0.3) is 0 Å². The molecule has 0 heterocycles. The van der Waals surface area contributed by atoms with Crippen molar-refractivity contribution >= 4 is 39.1 Å². The average Bonchev–Trinajstić information content (AvgIpc) is 2.43. The molecule has 1 unspecified atom stereocenters. The molecule has 0 saturated heterocycles. The van der Waals surface area contributed by atoms with E-state index in [2.05, 4.69) is 53.2 Å². The summed E-state index contributed by atoms with van der Waals surface area (Å²) in [6.45, 7) is 2.05. The molecule has 0 aliphatic rings. The zero-order valence-corrected chi connectivity index (χ0v) is 14.5. The summed E-state index contributed by atoms with van der Waals surface area (Å²) in [6, 6.07) is 14.5. The minimum absolute atomic E-state index is 0.385. The van der Waals surface area contributed by atoms with E-state index in [1.807, 2.05) is 12.1 Å². The lowest BCUT2D eigenvalue weighted by molar-refractivity contribution is 0.583. The van der Waals surface area contributed by atoms with Gasteiger partial charge in [0.1, 0.15) is 0 Å². The van der Waals surface area contributed by atoms with Gasteiger partial charge in [-0.15, -0.1) is 11.6 Å². The number of benzene rings is 2. The quantitative estimate of drug-likeness (QED) is 0.561. The maximum absolute atomic E-state index is 6.31. The molecule has 0 N–H and O–H groups in total. The van der Waals surface area contributed by atoms with Crippen LogP contribution < -0.4 is 0 Å². The number of aryl methyl sites for hydroxylation is 1. The summed E-state index contributed by atoms with van der Waals surface area (Å²) in [4.78, 5) is 0. The van der Waals surface area contributed by atoms with Gasteiger partial charge in [-0.25, -0.2) is 0 Å². The third-order valence-electron chi connectivity index (χ3n) is 3.40. The van der Waals surface area contributed by atoms with Crippen molar-refractivity contribution in [3.63, 3.8) is 0 Å². The minimum Gasteiger partial charge on any atom is -0.126 e. The summed E-state index contributed by atoms with van der Waals surface area (Å²) in [7, 11) is 0. The second kappa shape index (κ2) is 7.49. The lowest BCUT2D eigenvalue weighted by Crippen LogP contribution is -2.11. The number of hydrogen-bond donors (Lipinski definition) is 0. The van der Waals surface area contributed by atoms with E-state index >= 15 is 0 Å². The van der Waals surface area contributed by atoms with Gasteiger partial charge in [-0.3, -0.25) is 0 Å². The molecule has 3 heteroatoms. The van der Waals surface area contributed by atoms with Gasteiger partial charge >= 0.3 is 0 Å². The Balaban J connectivity index is 2.11. The normalized spacial score (nSPS) is 12.4. The van der Waals surface area contributed by atoms with Crippen LogP contribution in [0.4, 0.5) is 0 Å². The first-order valence-corrected chi connectivity index (χ1v) is 8.35. The summed E-state index contributed by atoms with van der Waals surface area (Å²) in [5.41, 5.74) is 3.66. The predicted octanol–water partition coefficient (Wildman–Crippen LogP) is 6.05. The zero-order valence-electron chi connectivity index (χ0n) is 11.4. The van der Waals surface area contributed by atoms with E-state index in [1.165, 1.54) is 16.7 Å². The standard InChI is InChI=1S/C17H17BrCl2/c1-12-6-7-15(17(20)8-12)10-13(11-19)9-14-4-2-3-5-16(14)18/h2-8,13H,9-11H2,1H3. The van der Waals surface area contributed by atoms with Crippen molar-refractivity contribution < 1.29 is 0 Å². The Kier molecular flexibility index (Phi) is 5.95. The van der Waals surface area contributed by atoms with Gasteiger partial charge < -0.3 is 0 Å². The molecule has 0 spiro atoms. The van der Waals surface area contributed by atoms with Gasteiger partial charge in [0.15, 0.2) is 0 Å². The Bertz CT molecular complexity index is 581. The van der Waals surface area contributed by atoms with Gasteiger partial charge in [0.2, 0.25) is 0 Å². The highest BCUT2D eigenvalue weighted by atomic mass is 79.9. The summed E-state index contributed by atoms with van der Waals surface area (Å²) < 4.78 is 1.14. The van der Waals surface area contributed by atoms with Crippen molar-refractivity contribution in [1.29, 1.82) is 0 Å². The van der Waals surface area contributed by atoms with Crippen molar-refractivity contribution in [3.8, 4) is 0 Å². The molecule has 0 amide bonds. The first kappa shape index (κ1) is 15.9. The molecule has 0 aliphatic carbocycles. The van der Waals surface area contributed by atoms with Crippen LogP contribution >= 0.6 is 39.1 Å². The molecule has 1 atom stereocenters. The monoisotopic (exact) mass is 370 g/mol. The number of hydrogen-bond acceptors (Lipinski definition) is 0. The van der Waals surface area contributed by atoms with Gasteiger partial charge in [0.05, 0.1) is 0 Å². The van der Waals surface area contributed by atoms with Crippen LogP contribution in [-0.4, -0.2) is 5.88 Å². The van der Waals surface area contributed by atoms with Crippen LogP contribution in [-0.2, 0) is 12.8 Å². The molecule has 0 fully saturated rings. The van der Waals surface area contributed by atoms with Crippen molar-refractivity contribution in [2.75, 3.05) is 5.88 Å². The van der Waals surface area contributed by atoms with E-state index in [-0.39, 0.29) is 0 Å². The summed E-state index contributed by atoms with van der Waals surface area (Å²) >= 11 is 16.1. The fraction of sp³-hybridized carbons (Fsp3) is 0.294. The minimum atomic E-state index is 0.385. The Hall–Kier alpha value is -0.500. The molecule has 2 aromatic carbocycles. The SMILES string of the molecule is Cc1ccc(CC(CCl)Cc2ccccc2Br)c(Cl)c1. The van der Waals surface area contributed by atoms with Crippen LogP contribution in [0.1, 0.15) is 16.7 Å². The molecule has 106 valence electrons. The molecule has 0 bridgehead atoms. The largest absolute Gasteiger partial charge is 0.126 e. The Morgan fingerprint density at radius 2 is 1.75 bits per heavy atom. The van der Waals surface area contributed by atoms with Crippen LogP contribution in [0.3, 0.4) is 0 Å². The smallest absolute Gasteiger partial charge is 0.0440 e. The molecule has 0 saturated carbocycles. The molecule has 0 aromatic heterocycles. The van der Waals surface area contributed by atoms with Gasteiger partial charge in [-0.2, -0.15) is 0 Å². The van der Waals surface area contributed by atoms with Crippen LogP contribution in [0.2, 0.25) is 5.02 Å². The Morgan fingerprint density at radius 1 is 1.05 bits per heavy atom. The van der Waals surface area contributed by atoms with E-state index in [0.29, 0.717) is 11.8 Å². The van der Waals surface area contributed by atoms with E-state index in [1.54, 1.807) is 0 Å². The Morgan fingerprint density at radius 3 is 2.40 bits per heavy atom. The molecule has 2 aromatic rings. The fourth-order valence-corrected chi connectivity index (χ4v) is 3.26. The van der Waals surface area contributed by atoms with Crippen LogP contribution in [0.5, 0.6) is 0 Å². The highest BCUT2D eigenvalue weighted by Crippen LogP contribution is 2.25. The van der Waals surface area contributed by atoms with E-state index < -0.39 is 0 Å². The second-order valence-electron chi connectivity index (χ2n) is 5.11. The van der Waals surface area contributed by atoms with Gasteiger partial charge in [-0.05, 0) is 54.5 Å². The molecule has 20 heavy (non-hydrogen) atoms. The molecule has 2 rings (SSSR count).